The fourth-order valence-electron chi connectivity index (χ4n) is 15.9. The number of likely N-dealkylation sites (tertiary alicyclic amines) is 3. The van der Waals surface area contributed by atoms with Crippen LogP contribution >= 0.6 is 11.3 Å². The summed E-state index contributed by atoms with van der Waals surface area (Å²) in [5.74, 6) is 2.95. The Labute approximate surface area is 640 Å². The number of rotatable bonds is 18. The molecule has 20 rings (SSSR count). The molecule has 17 aromatic rings. The van der Waals surface area contributed by atoms with E-state index < -0.39 is 11.6 Å². The maximum Gasteiger partial charge on any atom is 0.247 e. The molecule has 3 atom stereocenters. The molecular formula is C83H82F2N22O3S. The zero-order valence-corrected chi connectivity index (χ0v) is 62.8. The molecular weight excluding hydrogens is 1420 g/mol. The largest absolute Gasteiger partial charge is 0.420 e. The quantitative estimate of drug-likeness (QED) is 0.0720. The van der Waals surface area contributed by atoms with Crippen LogP contribution in [0.3, 0.4) is 0 Å². The molecule has 6 aromatic carbocycles. The van der Waals surface area contributed by atoms with Crippen molar-refractivity contribution in [3.63, 3.8) is 0 Å². The highest BCUT2D eigenvalue weighted by molar-refractivity contribution is 7.17. The highest BCUT2D eigenvalue weighted by atomic mass is 32.1. The highest BCUT2D eigenvalue weighted by Gasteiger charge is 2.31. The van der Waals surface area contributed by atoms with E-state index in [1.165, 1.54) is 50.3 Å². The molecule has 3 aliphatic rings. The molecule has 11 aromatic heterocycles. The van der Waals surface area contributed by atoms with Crippen LogP contribution < -0.4 is 0 Å². The van der Waals surface area contributed by atoms with E-state index in [1.807, 2.05) is 111 Å². The Kier molecular flexibility index (Phi) is 19.6. The summed E-state index contributed by atoms with van der Waals surface area (Å²) in [5, 5.41) is 70.5. The molecule has 0 amide bonds. The molecule has 0 unspecified atom stereocenters. The number of aromatic nitrogens is 19. The first-order chi connectivity index (χ1) is 54.5. The number of nitrogens with zero attached hydrogens (tertiary/aromatic N) is 19. The zero-order chi connectivity index (χ0) is 75.1. The minimum absolute atomic E-state index is 0.00272. The van der Waals surface area contributed by atoms with Crippen LogP contribution in [-0.2, 0) is 46.3 Å². The third kappa shape index (κ3) is 14.6. The molecule has 562 valence electrons. The average Bonchev–Trinajstić information content (AvgIpc) is 1.65. The Hall–Kier alpha value is -12.0. The van der Waals surface area contributed by atoms with Gasteiger partial charge in [0, 0.05) is 161 Å². The number of nitrogens with one attached hydrogen (secondary N) is 3. The molecule has 3 N–H and O–H groups in total. The first kappa shape index (κ1) is 70.7. The minimum atomic E-state index is -0.520. The number of aryl methyl sites for hydroxylation is 4. The van der Waals surface area contributed by atoms with E-state index in [9.17, 15) is 8.78 Å². The summed E-state index contributed by atoms with van der Waals surface area (Å²) < 4.78 is 56.2. The molecule has 14 heterocycles. The van der Waals surface area contributed by atoms with Crippen molar-refractivity contribution in [3.05, 3.63) is 216 Å². The summed E-state index contributed by atoms with van der Waals surface area (Å²) in [5.41, 5.74) is 15.0. The van der Waals surface area contributed by atoms with Crippen LogP contribution in [0.2, 0.25) is 0 Å². The molecule has 28 heteroatoms. The zero-order valence-electron chi connectivity index (χ0n) is 62.0. The summed E-state index contributed by atoms with van der Waals surface area (Å²) in [6.07, 6.45) is 19.9. The molecule has 0 radical (unpaired) electrons. The second kappa shape index (κ2) is 30.8. The topological polar surface area (TPSA) is 271 Å². The van der Waals surface area contributed by atoms with Crippen LogP contribution in [0, 0.1) is 11.6 Å². The Bertz CT molecular complexity index is 6100. The van der Waals surface area contributed by atoms with Crippen molar-refractivity contribution >= 4 is 65.0 Å². The molecule has 25 nitrogen and oxygen atoms in total. The van der Waals surface area contributed by atoms with Gasteiger partial charge in [0.05, 0.1) is 52.9 Å². The number of para-hydroxylation sites is 1. The van der Waals surface area contributed by atoms with Crippen LogP contribution in [0.25, 0.3) is 122 Å². The number of benzene rings is 6. The SMILES string of the molecule is CCn1cc(-c2n[nH]c3ccc(-c4nnc([C@@H]5CCCN(Cc6c(F)cccc6F)C5)o4)cc23)cn1.CCn1cc(-c2n[nH]c3ccc(-c4nnc([C@@H]5CCCN(Cc6cn(C)c7ccccc67)C5)o4)cc23)cn1.CCn1cc(-c2n[nH]c3ccc(-c4nnc([C@@H]5CCCN(Cc6csc7ccccc67)C5)o4)cc23)cn1. The Morgan fingerprint density at radius 1 is 0.432 bits per heavy atom. The maximum absolute atomic E-state index is 14.1. The lowest BCUT2D eigenvalue weighted by Crippen LogP contribution is -2.34. The van der Waals surface area contributed by atoms with Crippen LogP contribution in [0.5, 0.6) is 0 Å². The van der Waals surface area contributed by atoms with Gasteiger partial charge in [0.1, 0.15) is 28.7 Å². The highest BCUT2D eigenvalue weighted by Crippen LogP contribution is 2.39. The normalized spacial score (nSPS) is 16.7. The molecule has 3 saturated heterocycles. The van der Waals surface area contributed by atoms with Crippen LogP contribution in [0.15, 0.2) is 183 Å². The fourth-order valence-corrected chi connectivity index (χ4v) is 16.9. The molecule has 111 heavy (non-hydrogen) atoms. The molecule has 3 fully saturated rings. The van der Waals surface area contributed by atoms with E-state index in [2.05, 4.69) is 184 Å². The molecule has 0 spiro atoms. The second-order valence-corrected chi connectivity index (χ2v) is 30.0. The van der Waals surface area contributed by atoms with E-state index in [4.69, 9.17) is 13.3 Å². The summed E-state index contributed by atoms with van der Waals surface area (Å²) in [6.45, 7) is 16.1. The molecule has 0 aliphatic carbocycles. The Morgan fingerprint density at radius 2 is 0.847 bits per heavy atom. The van der Waals surface area contributed by atoms with Gasteiger partial charge in [-0.3, -0.25) is 44.0 Å². The predicted octanol–water partition coefficient (Wildman–Crippen LogP) is 16.6. The van der Waals surface area contributed by atoms with Crippen molar-refractivity contribution in [3.8, 4) is 68.1 Å². The molecule has 3 aliphatic heterocycles. The first-order valence-corrected chi connectivity index (χ1v) is 39.0. The van der Waals surface area contributed by atoms with Gasteiger partial charge in [-0.25, -0.2) is 8.78 Å². The lowest BCUT2D eigenvalue weighted by atomic mass is 9.97. The van der Waals surface area contributed by atoms with Gasteiger partial charge >= 0.3 is 0 Å². The average molecular weight is 1510 g/mol. The van der Waals surface area contributed by atoms with Crippen molar-refractivity contribution in [2.24, 2.45) is 7.05 Å². The van der Waals surface area contributed by atoms with Gasteiger partial charge in [-0.1, -0.05) is 42.5 Å². The van der Waals surface area contributed by atoms with Crippen molar-refractivity contribution < 1.29 is 22.0 Å². The summed E-state index contributed by atoms with van der Waals surface area (Å²) in [4.78, 5) is 7.08. The monoisotopic (exact) mass is 1500 g/mol. The number of hydrogen-bond acceptors (Lipinski definition) is 19. The lowest BCUT2D eigenvalue weighted by molar-refractivity contribution is 0.182. The Balaban J connectivity index is 0.000000117. The van der Waals surface area contributed by atoms with Crippen molar-refractivity contribution in [1.82, 2.24) is 110 Å². The number of H-pyrrole nitrogens is 3. The number of piperidine rings is 3. The smallest absolute Gasteiger partial charge is 0.247 e. The van der Waals surface area contributed by atoms with Crippen molar-refractivity contribution in [1.29, 1.82) is 0 Å². The first-order valence-electron chi connectivity index (χ1n) is 38.1. The van der Waals surface area contributed by atoms with Crippen LogP contribution in [-0.4, -0.2) is 149 Å². The summed E-state index contributed by atoms with van der Waals surface area (Å²) >= 11 is 1.82. The van der Waals surface area contributed by atoms with E-state index >= 15 is 0 Å². The Morgan fingerprint density at radius 3 is 1.29 bits per heavy atom. The van der Waals surface area contributed by atoms with Crippen molar-refractivity contribution in [2.45, 2.75) is 116 Å². The molecule has 0 saturated carbocycles. The number of thiophene rings is 1. The fraction of sp³-hybridized carbons (Fsp3) is 0.301. The summed E-state index contributed by atoms with van der Waals surface area (Å²) in [7, 11) is 2.12. The standard InChI is InChI=1S/C29H30N8O.C28H27N7OS.C26H25F2N7O/c1-3-37-18-21(14-30-37)27-24-13-19(10-11-25(24)31-32-27)28-33-34-29(38-28)20-7-6-12-36(16-20)17-22-15-35(2)26-9-5-4-8-23(22)26;1-2-35-16-20(13-29-35)26-23-12-18(9-10-24(23)30-31-26)27-32-33-28(36-27)19-6-5-11-34(14-19)15-21-17-37-25-8-4-3-7-22(21)25;1-2-35-14-18(12-29-35)24-19-11-16(8-9-23(19)30-31-24)25-32-33-26(36-25)17-5-4-10-34(13-17)15-20-21(27)6-3-7-22(20)28/h4-5,8-11,13-15,18,20H,3,6-7,12,16-17H2,1-2H3,(H,31,32);3-4,7-10,12-13,16-17,19H,2,5-6,11,14-15H2,1H3,(H,30,31);3,6-9,11-12,14,17H,2,4-5,10,13,15H2,1H3,(H,30,31)/t20-;19-;17-/m111/s1. The van der Waals surface area contributed by atoms with Gasteiger partial charge in [-0.05, 0) is 180 Å². The van der Waals surface area contributed by atoms with Gasteiger partial charge < -0.3 is 17.8 Å². The number of halogens is 2. The third-order valence-electron chi connectivity index (χ3n) is 21.8. The number of aromatic amines is 3. The number of fused-ring (bicyclic) bond motifs is 5. The second-order valence-electron chi connectivity index (χ2n) is 29.1. The van der Waals surface area contributed by atoms with Gasteiger partial charge in [0.2, 0.25) is 35.3 Å². The lowest BCUT2D eigenvalue weighted by Gasteiger charge is -2.31. The van der Waals surface area contributed by atoms with Gasteiger partial charge in [0.25, 0.3) is 0 Å². The van der Waals surface area contributed by atoms with Crippen molar-refractivity contribution in [2.75, 3.05) is 39.3 Å². The molecule has 0 bridgehead atoms. The van der Waals surface area contributed by atoms with Gasteiger partial charge in [0.15, 0.2) is 0 Å². The van der Waals surface area contributed by atoms with E-state index in [0.717, 1.165) is 199 Å². The van der Waals surface area contributed by atoms with Crippen LogP contribution in [0.4, 0.5) is 8.78 Å². The number of hydrogen-bond donors (Lipinski definition) is 3. The van der Waals surface area contributed by atoms with E-state index in [1.54, 1.807) is 6.20 Å². The van der Waals surface area contributed by atoms with Gasteiger partial charge in [-0.2, -0.15) is 30.6 Å². The predicted molar refractivity (Wildman–Crippen MR) is 422 cm³/mol. The van der Waals surface area contributed by atoms with Crippen LogP contribution in [0.1, 0.15) is 111 Å². The third-order valence-corrected chi connectivity index (χ3v) is 22.8. The van der Waals surface area contributed by atoms with E-state index in [-0.39, 0.29) is 29.9 Å². The minimum Gasteiger partial charge on any atom is -0.420 e. The van der Waals surface area contributed by atoms with Gasteiger partial charge in [-0.15, -0.1) is 41.9 Å². The maximum atomic E-state index is 14.1. The van der Waals surface area contributed by atoms with E-state index in [0.29, 0.717) is 30.1 Å². The summed E-state index contributed by atoms with van der Waals surface area (Å²) in [6, 6.07) is 39.3.